The molecule has 2 aromatic carbocycles. The van der Waals surface area contributed by atoms with Crippen LogP contribution in [-0.2, 0) is 0 Å². The van der Waals surface area contributed by atoms with E-state index in [0.29, 0.717) is 5.69 Å². The smallest absolute Gasteiger partial charge is 0.338 e. The minimum Gasteiger partial charge on any atom is -0.478 e. The summed E-state index contributed by atoms with van der Waals surface area (Å²) in [5.74, 6) is -2.46. The summed E-state index contributed by atoms with van der Waals surface area (Å²) < 4.78 is 0. The van der Waals surface area contributed by atoms with Crippen LogP contribution in [0.1, 0.15) is 20.7 Å². The van der Waals surface area contributed by atoms with Gasteiger partial charge in [0, 0.05) is 11.8 Å². The molecule has 0 saturated carbocycles. The molecule has 3 N–H and O–H groups in total. The van der Waals surface area contributed by atoms with Crippen molar-refractivity contribution < 1.29 is 24.7 Å². The fourth-order valence-electron chi connectivity index (χ4n) is 1.83. The van der Waals surface area contributed by atoms with Crippen LogP contribution in [0, 0.1) is 10.1 Å². The molecule has 0 atom stereocenters. The molecule has 0 fully saturated rings. The lowest BCUT2D eigenvalue weighted by Gasteiger charge is -2.10. The third kappa shape index (κ3) is 3.55. The number of nitro groups is 1. The van der Waals surface area contributed by atoms with E-state index < -0.39 is 22.5 Å². The molecular formula is C14H9ClN2O6. The number of carbonyl (C=O) groups is 2. The Morgan fingerprint density at radius 1 is 1.09 bits per heavy atom. The first-order valence-electron chi connectivity index (χ1n) is 6.11. The minimum absolute atomic E-state index is 0.0520. The van der Waals surface area contributed by atoms with Crippen LogP contribution in [0.25, 0.3) is 0 Å². The molecule has 0 bridgehead atoms. The van der Waals surface area contributed by atoms with Gasteiger partial charge in [-0.25, -0.2) is 9.59 Å². The van der Waals surface area contributed by atoms with Crippen molar-refractivity contribution in [1.82, 2.24) is 0 Å². The number of carboxylic acids is 2. The van der Waals surface area contributed by atoms with Crippen LogP contribution >= 0.6 is 11.6 Å². The monoisotopic (exact) mass is 336 g/mol. The number of carboxylic acid groups (broad SMARTS) is 2. The maximum atomic E-state index is 11.3. The van der Waals surface area contributed by atoms with Crippen LogP contribution in [0.3, 0.4) is 0 Å². The average molecular weight is 337 g/mol. The Morgan fingerprint density at radius 3 is 2.17 bits per heavy atom. The van der Waals surface area contributed by atoms with Gasteiger partial charge < -0.3 is 15.5 Å². The van der Waals surface area contributed by atoms with Gasteiger partial charge in [-0.05, 0) is 30.3 Å². The van der Waals surface area contributed by atoms with E-state index in [1.807, 2.05) is 0 Å². The van der Waals surface area contributed by atoms with Crippen LogP contribution < -0.4 is 5.32 Å². The van der Waals surface area contributed by atoms with E-state index in [-0.39, 0.29) is 21.8 Å². The summed E-state index contributed by atoms with van der Waals surface area (Å²) in [6.07, 6.45) is 0. The lowest BCUT2D eigenvalue weighted by atomic mass is 10.1. The van der Waals surface area contributed by atoms with E-state index in [9.17, 15) is 24.8 Å². The molecule has 0 heterocycles. The third-order valence-electron chi connectivity index (χ3n) is 2.92. The van der Waals surface area contributed by atoms with Gasteiger partial charge in [-0.15, -0.1) is 0 Å². The van der Waals surface area contributed by atoms with Gasteiger partial charge in [-0.2, -0.15) is 0 Å². The number of anilines is 2. The molecule has 0 aliphatic heterocycles. The van der Waals surface area contributed by atoms with Crippen LogP contribution in [-0.4, -0.2) is 27.1 Å². The van der Waals surface area contributed by atoms with E-state index in [2.05, 4.69) is 5.32 Å². The first-order chi connectivity index (χ1) is 10.8. The van der Waals surface area contributed by atoms with Crippen LogP contribution in [0.5, 0.6) is 0 Å². The van der Waals surface area contributed by atoms with Gasteiger partial charge in [0.15, 0.2) is 0 Å². The molecule has 0 unspecified atom stereocenters. The van der Waals surface area contributed by atoms with Gasteiger partial charge in [-0.1, -0.05) is 11.6 Å². The first-order valence-corrected chi connectivity index (χ1v) is 6.49. The highest BCUT2D eigenvalue weighted by Gasteiger charge is 2.20. The van der Waals surface area contributed by atoms with E-state index >= 15 is 0 Å². The fourth-order valence-corrected chi connectivity index (χ4v) is 2.07. The largest absolute Gasteiger partial charge is 0.478 e. The Morgan fingerprint density at radius 2 is 1.70 bits per heavy atom. The first kappa shape index (κ1) is 16.2. The van der Waals surface area contributed by atoms with Gasteiger partial charge in [-0.3, -0.25) is 10.1 Å². The second kappa shape index (κ2) is 6.32. The number of rotatable bonds is 5. The van der Waals surface area contributed by atoms with Gasteiger partial charge in [0.1, 0.15) is 5.02 Å². The number of nitrogens with zero attached hydrogens (tertiary/aromatic N) is 1. The number of hydrogen-bond donors (Lipinski definition) is 3. The van der Waals surface area contributed by atoms with Gasteiger partial charge in [0.2, 0.25) is 0 Å². The second-order valence-electron chi connectivity index (χ2n) is 4.42. The summed E-state index contributed by atoms with van der Waals surface area (Å²) in [5.41, 5.74) is -0.325. The Balaban J connectivity index is 2.42. The molecule has 8 nitrogen and oxygen atoms in total. The quantitative estimate of drug-likeness (QED) is 0.563. The Labute approximate surface area is 134 Å². The summed E-state index contributed by atoms with van der Waals surface area (Å²) in [6, 6.07) is 7.53. The van der Waals surface area contributed by atoms with Crippen LogP contribution in [0.4, 0.5) is 17.1 Å². The lowest BCUT2D eigenvalue weighted by molar-refractivity contribution is -0.384. The fraction of sp³-hybridized carbons (Fsp3) is 0. The summed E-state index contributed by atoms with van der Waals surface area (Å²) in [5, 5.41) is 31.3. The zero-order chi connectivity index (χ0) is 17.1. The molecule has 0 aliphatic rings. The minimum atomic E-state index is -1.37. The summed E-state index contributed by atoms with van der Waals surface area (Å²) >= 11 is 5.78. The van der Waals surface area contributed by atoms with E-state index in [4.69, 9.17) is 16.7 Å². The van der Waals surface area contributed by atoms with Gasteiger partial charge in [0.05, 0.1) is 21.7 Å². The molecule has 0 aromatic heterocycles. The third-order valence-corrected chi connectivity index (χ3v) is 3.23. The van der Waals surface area contributed by atoms with E-state index in [1.165, 1.54) is 24.3 Å². The van der Waals surface area contributed by atoms with E-state index in [1.54, 1.807) is 0 Å². The molecule has 0 spiro atoms. The highest BCUT2D eigenvalue weighted by Crippen LogP contribution is 2.32. The Kier molecular flexibility index (Phi) is 4.47. The van der Waals surface area contributed by atoms with Crippen molar-refractivity contribution in [2.75, 3.05) is 5.32 Å². The SMILES string of the molecule is O=C(O)c1ccc(Nc2cc(Cl)c([N+](=O)[O-])cc2C(=O)O)cc1. The molecule has 0 saturated heterocycles. The molecule has 0 amide bonds. The molecule has 23 heavy (non-hydrogen) atoms. The second-order valence-corrected chi connectivity index (χ2v) is 4.83. The normalized spacial score (nSPS) is 10.1. The predicted octanol–water partition coefficient (Wildman–Crippen LogP) is 3.39. The van der Waals surface area contributed by atoms with Crippen molar-refractivity contribution in [3.8, 4) is 0 Å². The Bertz CT molecular complexity index is 804. The topological polar surface area (TPSA) is 130 Å². The Hall–Kier alpha value is -3.13. The molecule has 9 heteroatoms. The number of halogens is 1. The van der Waals surface area contributed by atoms with Gasteiger partial charge in [0.25, 0.3) is 5.69 Å². The maximum absolute atomic E-state index is 11.3. The number of nitro benzene ring substituents is 1. The zero-order valence-corrected chi connectivity index (χ0v) is 12.1. The van der Waals surface area contributed by atoms with Crippen molar-refractivity contribution >= 4 is 40.6 Å². The number of nitrogens with one attached hydrogen (secondary N) is 1. The van der Waals surface area contributed by atoms with Crippen molar-refractivity contribution in [3.05, 3.63) is 62.7 Å². The molecular weight excluding hydrogens is 328 g/mol. The maximum Gasteiger partial charge on any atom is 0.338 e. The molecule has 0 radical (unpaired) electrons. The molecule has 0 aliphatic carbocycles. The van der Waals surface area contributed by atoms with Crippen molar-refractivity contribution in [2.45, 2.75) is 0 Å². The zero-order valence-electron chi connectivity index (χ0n) is 11.3. The summed E-state index contributed by atoms with van der Waals surface area (Å²) in [6.45, 7) is 0. The van der Waals surface area contributed by atoms with Crippen molar-refractivity contribution in [1.29, 1.82) is 0 Å². The average Bonchev–Trinajstić information content (AvgIpc) is 2.47. The van der Waals surface area contributed by atoms with Crippen molar-refractivity contribution in [2.24, 2.45) is 0 Å². The van der Waals surface area contributed by atoms with Gasteiger partial charge >= 0.3 is 11.9 Å². The predicted molar refractivity (Wildman–Crippen MR) is 81.7 cm³/mol. The standard InChI is InChI=1S/C14H9ClN2O6/c15-10-6-11(9(14(20)21)5-12(10)17(22)23)16-8-3-1-7(2-4-8)13(18)19/h1-6,16H,(H,18,19)(H,20,21). The number of benzene rings is 2. The van der Waals surface area contributed by atoms with Crippen LogP contribution in [0.15, 0.2) is 36.4 Å². The molecule has 2 rings (SSSR count). The van der Waals surface area contributed by atoms with Crippen LogP contribution in [0.2, 0.25) is 5.02 Å². The highest BCUT2D eigenvalue weighted by atomic mass is 35.5. The molecule has 118 valence electrons. The summed E-state index contributed by atoms with van der Waals surface area (Å²) in [4.78, 5) is 32.1. The highest BCUT2D eigenvalue weighted by molar-refractivity contribution is 6.33. The number of aromatic carboxylic acids is 2. The molecule has 2 aromatic rings. The number of hydrogen-bond acceptors (Lipinski definition) is 5. The summed E-state index contributed by atoms with van der Waals surface area (Å²) in [7, 11) is 0. The lowest BCUT2D eigenvalue weighted by Crippen LogP contribution is -2.05. The van der Waals surface area contributed by atoms with E-state index in [0.717, 1.165) is 12.1 Å². The van der Waals surface area contributed by atoms with Crippen molar-refractivity contribution in [3.63, 3.8) is 0 Å².